The summed E-state index contributed by atoms with van der Waals surface area (Å²) in [7, 11) is 1.82. The third-order valence-electron chi connectivity index (χ3n) is 3.48. The standard InChI is InChI=1S/C18H24N2O4/c1-6-23-16(21)15-10-13-12(8-7-9-14(13)20(15)5)11-19-17(22)24-18(2,3)4/h7-10H,6,11H2,1-5H3,(H,19,22). The van der Waals surface area contributed by atoms with E-state index in [4.69, 9.17) is 9.47 Å². The van der Waals surface area contributed by atoms with Gasteiger partial charge in [0.25, 0.3) is 0 Å². The summed E-state index contributed by atoms with van der Waals surface area (Å²) in [6.07, 6.45) is -0.471. The summed E-state index contributed by atoms with van der Waals surface area (Å²) in [5.74, 6) is -0.359. The first-order chi connectivity index (χ1) is 11.2. The predicted octanol–water partition coefficient (Wildman–Crippen LogP) is 3.38. The molecule has 2 rings (SSSR count). The molecule has 0 fully saturated rings. The molecule has 1 heterocycles. The highest BCUT2D eigenvalue weighted by Crippen LogP contribution is 2.23. The molecular weight excluding hydrogens is 308 g/mol. The van der Waals surface area contributed by atoms with Gasteiger partial charge in [0.2, 0.25) is 0 Å². The smallest absolute Gasteiger partial charge is 0.407 e. The van der Waals surface area contributed by atoms with Crippen LogP contribution in [0.3, 0.4) is 0 Å². The third-order valence-corrected chi connectivity index (χ3v) is 3.48. The molecule has 24 heavy (non-hydrogen) atoms. The molecule has 1 aromatic heterocycles. The first-order valence-corrected chi connectivity index (χ1v) is 7.94. The molecule has 0 aliphatic rings. The number of nitrogens with one attached hydrogen (secondary N) is 1. The minimum atomic E-state index is -0.542. The Bertz CT molecular complexity index is 756. The number of amides is 1. The van der Waals surface area contributed by atoms with Gasteiger partial charge >= 0.3 is 12.1 Å². The fraction of sp³-hybridized carbons (Fsp3) is 0.444. The summed E-state index contributed by atoms with van der Waals surface area (Å²) in [5, 5.41) is 3.65. The van der Waals surface area contributed by atoms with E-state index >= 15 is 0 Å². The number of hydrogen-bond acceptors (Lipinski definition) is 4. The first-order valence-electron chi connectivity index (χ1n) is 7.94. The van der Waals surface area contributed by atoms with Crippen LogP contribution in [0.2, 0.25) is 0 Å². The maximum atomic E-state index is 12.0. The van der Waals surface area contributed by atoms with E-state index in [1.54, 1.807) is 17.6 Å². The average molecular weight is 332 g/mol. The number of aryl methyl sites for hydroxylation is 1. The van der Waals surface area contributed by atoms with Crippen molar-refractivity contribution in [2.45, 2.75) is 39.8 Å². The van der Waals surface area contributed by atoms with Crippen molar-refractivity contribution in [2.24, 2.45) is 7.05 Å². The van der Waals surface area contributed by atoms with E-state index in [2.05, 4.69) is 5.32 Å². The number of fused-ring (bicyclic) bond motifs is 1. The van der Waals surface area contributed by atoms with E-state index in [0.717, 1.165) is 16.5 Å². The van der Waals surface area contributed by atoms with Crippen LogP contribution < -0.4 is 5.32 Å². The Balaban J connectivity index is 2.24. The Kier molecular flexibility index (Phi) is 5.17. The summed E-state index contributed by atoms with van der Waals surface area (Å²) in [6, 6.07) is 7.52. The number of benzene rings is 1. The van der Waals surface area contributed by atoms with Crippen LogP contribution >= 0.6 is 0 Å². The zero-order valence-corrected chi connectivity index (χ0v) is 14.8. The van der Waals surface area contributed by atoms with E-state index in [-0.39, 0.29) is 5.97 Å². The van der Waals surface area contributed by atoms with E-state index in [1.807, 2.05) is 46.0 Å². The number of alkyl carbamates (subject to hydrolysis) is 1. The number of nitrogens with zero attached hydrogens (tertiary/aromatic N) is 1. The molecule has 0 radical (unpaired) electrons. The van der Waals surface area contributed by atoms with Crippen molar-refractivity contribution < 1.29 is 19.1 Å². The van der Waals surface area contributed by atoms with Crippen LogP contribution in [0.5, 0.6) is 0 Å². The topological polar surface area (TPSA) is 69.6 Å². The van der Waals surface area contributed by atoms with Crippen LogP contribution in [-0.2, 0) is 23.1 Å². The van der Waals surface area contributed by atoms with Crippen molar-refractivity contribution in [2.75, 3.05) is 6.61 Å². The van der Waals surface area contributed by atoms with Crippen molar-refractivity contribution in [3.05, 3.63) is 35.5 Å². The molecule has 0 atom stereocenters. The van der Waals surface area contributed by atoms with Gasteiger partial charge in [0.15, 0.2) is 0 Å². The van der Waals surface area contributed by atoms with Crippen molar-refractivity contribution in [3.63, 3.8) is 0 Å². The SMILES string of the molecule is CCOC(=O)c1cc2c(CNC(=O)OC(C)(C)C)cccc2n1C. The van der Waals surface area contributed by atoms with Crippen molar-refractivity contribution in [1.82, 2.24) is 9.88 Å². The van der Waals surface area contributed by atoms with E-state index in [1.165, 1.54) is 0 Å². The maximum absolute atomic E-state index is 12.0. The second kappa shape index (κ2) is 6.95. The molecule has 0 aliphatic carbocycles. The molecule has 130 valence electrons. The molecule has 1 N–H and O–H groups in total. The predicted molar refractivity (Wildman–Crippen MR) is 91.9 cm³/mol. The fourth-order valence-electron chi connectivity index (χ4n) is 2.46. The van der Waals surface area contributed by atoms with Crippen LogP contribution in [0.25, 0.3) is 10.9 Å². The molecule has 6 nitrogen and oxygen atoms in total. The largest absolute Gasteiger partial charge is 0.461 e. The monoisotopic (exact) mass is 332 g/mol. The molecule has 2 aromatic rings. The van der Waals surface area contributed by atoms with Gasteiger partial charge in [-0.1, -0.05) is 12.1 Å². The van der Waals surface area contributed by atoms with Gasteiger partial charge in [-0.3, -0.25) is 0 Å². The zero-order valence-electron chi connectivity index (χ0n) is 14.8. The van der Waals surface area contributed by atoms with E-state index in [0.29, 0.717) is 18.8 Å². The lowest BCUT2D eigenvalue weighted by molar-refractivity contribution is 0.0508. The number of esters is 1. The van der Waals surface area contributed by atoms with Gasteiger partial charge < -0.3 is 19.4 Å². The Morgan fingerprint density at radius 1 is 1.25 bits per heavy atom. The van der Waals surface area contributed by atoms with Crippen LogP contribution in [0.1, 0.15) is 43.7 Å². The molecule has 0 bridgehead atoms. The molecule has 6 heteroatoms. The lowest BCUT2D eigenvalue weighted by Crippen LogP contribution is -2.32. The molecule has 0 unspecified atom stereocenters. The number of hydrogen-bond donors (Lipinski definition) is 1. The second-order valence-electron chi connectivity index (χ2n) is 6.51. The van der Waals surface area contributed by atoms with Gasteiger partial charge in [-0.05, 0) is 45.4 Å². The lowest BCUT2D eigenvalue weighted by Gasteiger charge is -2.19. The summed E-state index contributed by atoms with van der Waals surface area (Å²) >= 11 is 0. The maximum Gasteiger partial charge on any atom is 0.407 e. The van der Waals surface area contributed by atoms with Crippen LogP contribution in [-0.4, -0.2) is 28.8 Å². The minimum absolute atomic E-state index is 0.318. The van der Waals surface area contributed by atoms with Crippen LogP contribution in [0.4, 0.5) is 4.79 Å². The molecule has 0 saturated carbocycles. The quantitative estimate of drug-likeness (QED) is 0.872. The van der Waals surface area contributed by atoms with Gasteiger partial charge in [0.1, 0.15) is 11.3 Å². The summed E-state index contributed by atoms with van der Waals surface area (Å²) in [6.45, 7) is 7.87. The third kappa shape index (κ3) is 4.07. The number of ether oxygens (including phenoxy) is 2. The second-order valence-corrected chi connectivity index (χ2v) is 6.51. The number of rotatable bonds is 4. The van der Waals surface area contributed by atoms with E-state index < -0.39 is 11.7 Å². The molecule has 0 spiro atoms. The molecule has 1 amide bonds. The number of aromatic nitrogens is 1. The summed E-state index contributed by atoms with van der Waals surface area (Å²) in [4.78, 5) is 23.9. The highest BCUT2D eigenvalue weighted by Gasteiger charge is 2.18. The first kappa shape index (κ1) is 17.8. The van der Waals surface area contributed by atoms with Gasteiger partial charge in [0.05, 0.1) is 6.61 Å². The van der Waals surface area contributed by atoms with Gasteiger partial charge in [0, 0.05) is 24.5 Å². The van der Waals surface area contributed by atoms with Gasteiger partial charge in [-0.25, -0.2) is 9.59 Å². The van der Waals surface area contributed by atoms with Gasteiger partial charge in [-0.2, -0.15) is 0 Å². The fourth-order valence-corrected chi connectivity index (χ4v) is 2.46. The van der Waals surface area contributed by atoms with E-state index in [9.17, 15) is 9.59 Å². The van der Waals surface area contributed by atoms with Crippen molar-refractivity contribution >= 4 is 23.0 Å². The summed E-state index contributed by atoms with van der Waals surface area (Å²) < 4.78 is 12.1. The lowest BCUT2D eigenvalue weighted by atomic mass is 10.1. The van der Waals surface area contributed by atoms with Crippen LogP contribution in [0.15, 0.2) is 24.3 Å². The van der Waals surface area contributed by atoms with Gasteiger partial charge in [-0.15, -0.1) is 0 Å². The molecule has 1 aromatic carbocycles. The Hall–Kier alpha value is -2.50. The van der Waals surface area contributed by atoms with Crippen molar-refractivity contribution in [1.29, 1.82) is 0 Å². The molecular formula is C18H24N2O4. The highest BCUT2D eigenvalue weighted by molar-refractivity contribution is 5.96. The Labute approximate surface area is 141 Å². The van der Waals surface area contributed by atoms with Crippen LogP contribution in [0, 0.1) is 0 Å². The normalized spacial score (nSPS) is 11.4. The molecule has 0 saturated heterocycles. The summed E-state index contributed by atoms with van der Waals surface area (Å²) in [5.41, 5.74) is 1.75. The Morgan fingerprint density at radius 3 is 2.58 bits per heavy atom. The average Bonchev–Trinajstić information content (AvgIpc) is 2.82. The van der Waals surface area contributed by atoms with Crippen molar-refractivity contribution in [3.8, 4) is 0 Å². The minimum Gasteiger partial charge on any atom is -0.461 e. The zero-order chi connectivity index (χ0) is 17.9. The number of carbonyl (C=O) groups excluding carboxylic acids is 2. The highest BCUT2D eigenvalue weighted by atomic mass is 16.6. The molecule has 0 aliphatic heterocycles. The Morgan fingerprint density at radius 2 is 1.96 bits per heavy atom. The number of carbonyl (C=O) groups is 2.